The molecule has 106 valence electrons. The second kappa shape index (κ2) is 6.49. The molecule has 0 spiro atoms. The minimum atomic E-state index is 0.0191. The first-order valence-electron chi connectivity index (χ1n) is 6.33. The van der Waals surface area contributed by atoms with Crippen LogP contribution < -0.4 is 10.1 Å². The van der Waals surface area contributed by atoms with Crippen molar-refractivity contribution in [2.75, 3.05) is 14.2 Å². The molecule has 4 heteroatoms. The molecule has 2 nitrogen and oxygen atoms in total. The van der Waals surface area contributed by atoms with E-state index in [-0.39, 0.29) is 6.04 Å². The normalized spacial score (nSPS) is 12.2. The molecular formula is C16H17Cl2NO. The zero-order valence-electron chi connectivity index (χ0n) is 11.7. The van der Waals surface area contributed by atoms with E-state index in [9.17, 15) is 0 Å². The number of hydrogen-bond donors (Lipinski definition) is 1. The van der Waals surface area contributed by atoms with Crippen LogP contribution in [-0.2, 0) is 0 Å². The predicted molar refractivity (Wildman–Crippen MR) is 85.1 cm³/mol. The van der Waals surface area contributed by atoms with E-state index in [1.54, 1.807) is 13.2 Å². The molecule has 2 aromatic carbocycles. The maximum Gasteiger partial charge on any atom is 0.119 e. The van der Waals surface area contributed by atoms with E-state index in [4.69, 9.17) is 27.9 Å². The molecule has 0 saturated carbocycles. The number of ether oxygens (including phenoxy) is 1. The lowest BCUT2D eigenvalue weighted by Gasteiger charge is -2.21. The van der Waals surface area contributed by atoms with Crippen LogP contribution in [0.15, 0.2) is 36.4 Å². The van der Waals surface area contributed by atoms with E-state index < -0.39 is 0 Å². The quantitative estimate of drug-likeness (QED) is 0.890. The van der Waals surface area contributed by atoms with Crippen LogP contribution in [0.2, 0.25) is 10.0 Å². The molecule has 1 atom stereocenters. The number of benzene rings is 2. The van der Waals surface area contributed by atoms with Crippen molar-refractivity contribution in [3.8, 4) is 5.75 Å². The number of rotatable bonds is 4. The molecule has 2 rings (SSSR count). The van der Waals surface area contributed by atoms with Gasteiger partial charge in [0.1, 0.15) is 5.75 Å². The van der Waals surface area contributed by atoms with E-state index in [1.165, 1.54) is 0 Å². The first-order valence-corrected chi connectivity index (χ1v) is 7.09. The molecule has 0 aliphatic rings. The summed E-state index contributed by atoms with van der Waals surface area (Å²) >= 11 is 12.3. The molecule has 0 bridgehead atoms. The summed E-state index contributed by atoms with van der Waals surface area (Å²) in [5.74, 6) is 0.850. The minimum Gasteiger partial charge on any atom is -0.497 e. The SMILES string of the molecule is CNC(c1ccc(OC)cc1C)c1ccc(Cl)cc1Cl. The van der Waals surface area contributed by atoms with Crippen molar-refractivity contribution in [3.63, 3.8) is 0 Å². The van der Waals surface area contributed by atoms with Gasteiger partial charge in [0.2, 0.25) is 0 Å². The Bertz CT molecular complexity index is 613. The summed E-state index contributed by atoms with van der Waals surface area (Å²) in [6, 6.07) is 11.6. The fourth-order valence-electron chi connectivity index (χ4n) is 2.31. The van der Waals surface area contributed by atoms with Crippen molar-refractivity contribution >= 4 is 23.2 Å². The fourth-order valence-corrected chi connectivity index (χ4v) is 2.83. The Morgan fingerprint density at radius 1 is 1.05 bits per heavy atom. The van der Waals surface area contributed by atoms with Crippen LogP contribution >= 0.6 is 23.2 Å². The zero-order valence-corrected chi connectivity index (χ0v) is 13.2. The van der Waals surface area contributed by atoms with Crippen molar-refractivity contribution in [3.05, 3.63) is 63.1 Å². The number of nitrogens with one attached hydrogen (secondary N) is 1. The molecule has 1 unspecified atom stereocenters. The molecule has 0 saturated heterocycles. The van der Waals surface area contributed by atoms with Crippen molar-refractivity contribution in [1.82, 2.24) is 5.32 Å². The highest BCUT2D eigenvalue weighted by molar-refractivity contribution is 6.35. The van der Waals surface area contributed by atoms with Crippen LogP contribution in [0.1, 0.15) is 22.7 Å². The van der Waals surface area contributed by atoms with Crippen LogP contribution in [0.25, 0.3) is 0 Å². The van der Waals surface area contributed by atoms with Gasteiger partial charge in [-0.05, 0) is 54.9 Å². The maximum absolute atomic E-state index is 6.31. The van der Waals surface area contributed by atoms with Gasteiger partial charge in [0.25, 0.3) is 0 Å². The summed E-state index contributed by atoms with van der Waals surface area (Å²) in [6.07, 6.45) is 0. The maximum atomic E-state index is 6.31. The third-order valence-corrected chi connectivity index (χ3v) is 3.91. The fraction of sp³-hybridized carbons (Fsp3) is 0.250. The monoisotopic (exact) mass is 309 g/mol. The van der Waals surface area contributed by atoms with Gasteiger partial charge in [-0.25, -0.2) is 0 Å². The van der Waals surface area contributed by atoms with Crippen LogP contribution in [0.5, 0.6) is 5.75 Å². The standard InChI is InChI=1S/C16H17Cl2NO/c1-10-8-12(20-3)5-7-13(10)16(19-2)14-6-4-11(17)9-15(14)18/h4-9,16,19H,1-3H3. The van der Waals surface area contributed by atoms with Gasteiger partial charge in [0.15, 0.2) is 0 Å². The second-order valence-corrected chi connectivity index (χ2v) is 5.45. The van der Waals surface area contributed by atoms with Gasteiger partial charge in [-0.2, -0.15) is 0 Å². The van der Waals surface area contributed by atoms with Crippen molar-refractivity contribution < 1.29 is 4.74 Å². The summed E-state index contributed by atoms with van der Waals surface area (Å²) in [4.78, 5) is 0. The zero-order chi connectivity index (χ0) is 14.7. The predicted octanol–water partition coefficient (Wildman–Crippen LogP) is 4.62. The van der Waals surface area contributed by atoms with Gasteiger partial charge in [-0.3, -0.25) is 0 Å². The Labute approximate surface area is 129 Å². The molecular weight excluding hydrogens is 293 g/mol. The first kappa shape index (κ1) is 15.2. The average Bonchev–Trinajstić information content (AvgIpc) is 2.43. The molecule has 0 amide bonds. The van der Waals surface area contributed by atoms with Crippen LogP contribution in [-0.4, -0.2) is 14.2 Å². The highest BCUT2D eigenvalue weighted by atomic mass is 35.5. The lowest BCUT2D eigenvalue weighted by molar-refractivity contribution is 0.414. The molecule has 0 heterocycles. The summed E-state index contributed by atoms with van der Waals surface area (Å²) in [6.45, 7) is 2.06. The van der Waals surface area contributed by atoms with Crippen molar-refractivity contribution in [2.45, 2.75) is 13.0 Å². The molecule has 0 aliphatic carbocycles. The summed E-state index contributed by atoms with van der Waals surface area (Å²) in [5, 5.41) is 4.60. The lowest BCUT2D eigenvalue weighted by Crippen LogP contribution is -2.19. The van der Waals surface area contributed by atoms with Gasteiger partial charge in [0.05, 0.1) is 13.2 Å². The Morgan fingerprint density at radius 3 is 2.30 bits per heavy atom. The van der Waals surface area contributed by atoms with E-state index in [2.05, 4.69) is 18.3 Å². The number of halogens is 2. The van der Waals surface area contributed by atoms with Crippen LogP contribution in [0.4, 0.5) is 0 Å². The third kappa shape index (κ3) is 3.09. The van der Waals surface area contributed by atoms with Crippen LogP contribution in [0, 0.1) is 6.92 Å². The van der Waals surface area contributed by atoms with E-state index in [0.29, 0.717) is 10.0 Å². The second-order valence-electron chi connectivity index (χ2n) is 4.61. The van der Waals surface area contributed by atoms with Gasteiger partial charge in [-0.15, -0.1) is 0 Å². The summed E-state index contributed by atoms with van der Waals surface area (Å²) in [7, 11) is 3.58. The summed E-state index contributed by atoms with van der Waals surface area (Å²) < 4.78 is 5.24. The third-order valence-electron chi connectivity index (χ3n) is 3.35. The molecule has 2 aromatic rings. The van der Waals surface area contributed by atoms with Gasteiger partial charge in [0, 0.05) is 10.0 Å². The van der Waals surface area contributed by atoms with Crippen LogP contribution in [0.3, 0.4) is 0 Å². The van der Waals surface area contributed by atoms with Crippen molar-refractivity contribution in [1.29, 1.82) is 0 Å². The smallest absolute Gasteiger partial charge is 0.119 e. The molecule has 20 heavy (non-hydrogen) atoms. The largest absolute Gasteiger partial charge is 0.497 e. The highest BCUT2D eigenvalue weighted by Gasteiger charge is 2.17. The van der Waals surface area contributed by atoms with Gasteiger partial charge in [-0.1, -0.05) is 35.3 Å². The van der Waals surface area contributed by atoms with Crippen molar-refractivity contribution in [2.24, 2.45) is 0 Å². The Morgan fingerprint density at radius 2 is 1.75 bits per heavy atom. The Balaban J connectivity index is 2.47. The molecule has 1 N–H and O–H groups in total. The average molecular weight is 310 g/mol. The Hall–Kier alpha value is -1.22. The topological polar surface area (TPSA) is 21.3 Å². The van der Waals surface area contributed by atoms with Gasteiger partial charge < -0.3 is 10.1 Å². The highest BCUT2D eigenvalue weighted by Crippen LogP contribution is 2.32. The number of aryl methyl sites for hydroxylation is 1. The molecule has 0 radical (unpaired) electrons. The minimum absolute atomic E-state index is 0.0191. The lowest BCUT2D eigenvalue weighted by atomic mass is 9.95. The Kier molecular flexibility index (Phi) is 4.92. The van der Waals surface area contributed by atoms with Gasteiger partial charge >= 0.3 is 0 Å². The molecule has 0 aromatic heterocycles. The summed E-state index contributed by atoms with van der Waals surface area (Å²) in [5.41, 5.74) is 3.32. The molecule has 0 aliphatic heterocycles. The molecule has 0 fully saturated rings. The van der Waals surface area contributed by atoms with E-state index in [0.717, 1.165) is 22.4 Å². The number of hydrogen-bond acceptors (Lipinski definition) is 2. The first-order chi connectivity index (χ1) is 9.56. The number of methoxy groups -OCH3 is 1. The van der Waals surface area contributed by atoms with E-state index >= 15 is 0 Å². The van der Waals surface area contributed by atoms with E-state index in [1.807, 2.05) is 31.3 Å².